The van der Waals surface area contributed by atoms with Crippen LogP contribution in [0.2, 0.25) is 34.5 Å². The zero-order chi connectivity index (χ0) is 13.2. The van der Waals surface area contributed by atoms with Crippen LogP contribution in [0, 0.1) is 0 Å². The number of hydrogen-bond donors (Lipinski definition) is 1. The second-order valence-corrected chi connectivity index (χ2v) is 26.3. The third-order valence-corrected chi connectivity index (χ3v) is 10.4. The van der Waals surface area contributed by atoms with E-state index < -0.39 is 36.8 Å². The van der Waals surface area contributed by atoms with Gasteiger partial charge in [0.15, 0.2) is 0 Å². The fourth-order valence-corrected chi connectivity index (χ4v) is 8.43. The van der Waals surface area contributed by atoms with Crippen molar-refractivity contribution in [3.63, 3.8) is 0 Å². The van der Waals surface area contributed by atoms with Gasteiger partial charge in [0.05, 0.1) is 0 Å². The Labute approximate surface area is 104 Å². The monoisotopic (exact) mass is 374 g/mol. The van der Waals surface area contributed by atoms with Crippen molar-refractivity contribution in [1.82, 2.24) is 0 Å². The van der Waals surface area contributed by atoms with E-state index in [1.54, 1.807) is 0 Å². The molecule has 0 saturated carbocycles. The molecule has 0 bridgehead atoms. The van der Waals surface area contributed by atoms with Crippen molar-refractivity contribution in [3.05, 3.63) is 9.00 Å². The Kier molecular flexibility index (Phi) is 5.73. The van der Waals surface area contributed by atoms with E-state index in [9.17, 15) is 8.42 Å². The summed E-state index contributed by atoms with van der Waals surface area (Å²) in [6.07, 6.45) is 0. The molecule has 0 rings (SSSR count). The predicted molar refractivity (Wildman–Crippen MR) is 72.3 cm³/mol. The van der Waals surface area contributed by atoms with Crippen molar-refractivity contribution in [2.24, 2.45) is 0 Å². The predicted octanol–water partition coefficient (Wildman–Crippen LogP) is 2.49. The van der Waals surface area contributed by atoms with Gasteiger partial charge in [-0.1, -0.05) is 0 Å². The van der Waals surface area contributed by atoms with Crippen LogP contribution < -0.4 is 0 Å². The van der Waals surface area contributed by atoms with E-state index >= 15 is 0 Å². The van der Waals surface area contributed by atoms with Gasteiger partial charge in [-0.3, -0.25) is 0 Å². The average molecular weight is 373 g/mol. The van der Waals surface area contributed by atoms with Crippen LogP contribution in [0.25, 0.3) is 0 Å². The number of hydrogen-bond acceptors (Lipinski definition) is 3. The summed E-state index contributed by atoms with van der Waals surface area (Å²) in [5.41, 5.74) is 0. The molecule has 0 atom stereocenters. The van der Waals surface area contributed by atoms with Crippen LogP contribution >= 0.6 is 0 Å². The molecule has 16 heavy (non-hydrogen) atoms. The minimum absolute atomic E-state index is 0.342. The third kappa shape index (κ3) is 8.74. The van der Waals surface area contributed by atoms with E-state index in [4.69, 9.17) is 8.98 Å². The molecule has 0 aliphatic heterocycles. The van der Waals surface area contributed by atoms with Gasteiger partial charge < -0.3 is 0 Å². The molecule has 1 N–H and O–H groups in total. The Bertz CT molecular complexity index is 362. The van der Waals surface area contributed by atoms with Gasteiger partial charge >= 0.3 is 104 Å². The summed E-state index contributed by atoms with van der Waals surface area (Å²) in [7, 11) is -5.71. The second-order valence-electron chi connectivity index (χ2n) is 5.81. The summed E-state index contributed by atoms with van der Waals surface area (Å²) >= 11 is -2.51. The Morgan fingerprint density at radius 1 is 1.31 bits per heavy atom. The molecule has 0 aliphatic carbocycles. The topological polar surface area (TPSA) is 63.6 Å². The Morgan fingerprint density at radius 3 is 2.00 bits per heavy atom. The van der Waals surface area contributed by atoms with Crippen LogP contribution in [-0.4, -0.2) is 46.3 Å². The molecule has 4 nitrogen and oxygen atoms in total. The van der Waals surface area contributed by atoms with E-state index in [1.165, 1.54) is 0 Å². The van der Waals surface area contributed by atoms with Crippen molar-refractivity contribution < 1.29 is 17.4 Å². The van der Waals surface area contributed by atoms with Gasteiger partial charge in [-0.2, -0.15) is 0 Å². The molecule has 0 spiro atoms. The van der Waals surface area contributed by atoms with Gasteiger partial charge in [-0.05, 0) is 0 Å². The third-order valence-electron chi connectivity index (χ3n) is 1.92. The normalized spacial score (nSPS) is 15.3. The quantitative estimate of drug-likeness (QED) is 0.594. The minimum atomic E-state index is -4.05. The van der Waals surface area contributed by atoms with Gasteiger partial charge in [-0.25, -0.2) is 0 Å². The molecular weight excluding hydrogens is 351 g/mol. The van der Waals surface area contributed by atoms with Crippen LogP contribution in [0.3, 0.4) is 0 Å². The summed E-state index contributed by atoms with van der Waals surface area (Å²) in [5, 5.41) is 0.989. The maximum atomic E-state index is 10.9. The molecule has 0 aliphatic rings. The van der Waals surface area contributed by atoms with Gasteiger partial charge in [0.1, 0.15) is 0 Å². The molecular formula is C9H22O4SSiSn. The molecule has 0 aromatic carbocycles. The fraction of sp³-hybridized carbons (Fsp3) is 0.778. The first-order valence-electron chi connectivity index (χ1n) is 5.14. The van der Waals surface area contributed by atoms with E-state index in [2.05, 4.69) is 34.5 Å². The molecule has 0 amide bonds. The molecule has 0 saturated heterocycles. The summed E-state index contributed by atoms with van der Waals surface area (Å²) in [4.78, 5) is 6.29. The molecule has 96 valence electrons. The Hall–Kier alpha value is 0.626. The second kappa shape index (κ2) is 5.51. The molecule has 0 radical (unpaired) electrons. The van der Waals surface area contributed by atoms with Crippen molar-refractivity contribution in [1.29, 1.82) is 0 Å². The molecule has 0 heterocycles. The van der Waals surface area contributed by atoms with Crippen molar-refractivity contribution >= 4 is 36.8 Å². The van der Waals surface area contributed by atoms with Gasteiger partial charge in [-0.15, -0.1) is 0 Å². The van der Waals surface area contributed by atoms with Gasteiger partial charge in [0.2, 0.25) is 0 Å². The molecule has 0 unspecified atom stereocenters. The first-order valence-corrected chi connectivity index (χ1v) is 20.0. The van der Waals surface area contributed by atoms with Crippen molar-refractivity contribution in [2.75, 3.05) is 6.61 Å². The standard InChI is InChI=1S/C6H13O4SSi.3CH3.Sn/c1-12(2,3)10-5-4-6-11(7,8)9;;;;/h6H,5H2,1-3H3,(H,7,8,9);3*1H3;. The molecule has 0 aromatic heterocycles. The van der Waals surface area contributed by atoms with Crippen LogP contribution in [0.4, 0.5) is 0 Å². The average Bonchev–Trinajstić information content (AvgIpc) is 1.91. The van der Waals surface area contributed by atoms with Crippen molar-refractivity contribution in [2.45, 2.75) is 34.5 Å². The van der Waals surface area contributed by atoms with Gasteiger partial charge in [0, 0.05) is 0 Å². The van der Waals surface area contributed by atoms with Crippen LogP contribution in [0.5, 0.6) is 0 Å². The first-order chi connectivity index (χ1) is 6.81. The van der Waals surface area contributed by atoms with Crippen molar-refractivity contribution in [3.8, 4) is 0 Å². The summed E-state index contributed by atoms with van der Waals surface area (Å²) in [6.45, 7) is 6.50. The van der Waals surface area contributed by atoms with E-state index in [1.807, 2.05) is 0 Å². The molecule has 0 aromatic rings. The SMILES string of the molecule is C[Si](C)(C)OC/[C](=C/S(=O)(=O)O)[Sn]([CH3])([CH3])[CH3]. The van der Waals surface area contributed by atoms with E-state index in [0.717, 1.165) is 9.00 Å². The number of rotatable bonds is 5. The Morgan fingerprint density at radius 2 is 1.75 bits per heavy atom. The van der Waals surface area contributed by atoms with Crippen LogP contribution in [0.15, 0.2) is 9.00 Å². The summed E-state index contributed by atoms with van der Waals surface area (Å²) in [6, 6.07) is 0. The van der Waals surface area contributed by atoms with E-state index in [0.29, 0.717) is 6.61 Å². The van der Waals surface area contributed by atoms with Crippen LogP contribution in [-0.2, 0) is 14.5 Å². The first kappa shape index (κ1) is 16.6. The van der Waals surface area contributed by atoms with Crippen LogP contribution in [0.1, 0.15) is 0 Å². The summed E-state index contributed by atoms with van der Waals surface area (Å²) in [5.74, 6) is 0. The molecule has 0 fully saturated rings. The zero-order valence-electron chi connectivity index (χ0n) is 10.9. The zero-order valence-corrected chi connectivity index (χ0v) is 15.5. The maximum absolute atomic E-state index is 10.9. The van der Waals surface area contributed by atoms with Gasteiger partial charge in [0.25, 0.3) is 0 Å². The molecule has 7 heteroatoms. The fourth-order valence-electron chi connectivity index (χ4n) is 0.901. The summed E-state index contributed by atoms with van der Waals surface area (Å²) < 4.78 is 37.1. The Balaban J connectivity index is 4.95. The van der Waals surface area contributed by atoms with E-state index in [-0.39, 0.29) is 0 Å².